The molecular weight excluding hydrogens is 558 g/mol. The number of ether oxygens (including phenoxy) is 3. The molecule has 0 radical (unpaired) electrons. The van der Waals surface area contributed by atoms with E-state index in [0.717, 1.165) is 41.0 Å². The molecule has 1 fully saturated rings. The number of hydrogen-bond acceptors (Lipinski definition) is 8. The third-order valence-corrected chi connectivity index (χ3v) is 7.36. The second-order valence-electron chi connectivity index (χ2n) is 12.4. The van der Waals surface area contributed by atoms with Gasteiger partial charge in [0.25, 0.3) is 0 Å². The van der Waals surface area contributed by atoms with Gasteiger partial charge in [-0.3, -0.25) is 0 Å². The molecule has 4 aromatic rings. The van der Waals surface area contributed by atoms with Crippen LogP contribution in [0.5, 0.6) is 0 Å². The maximum atomic E-state index is 13.3. The van der Waals surface area contributed by atoms with Crippen LogP contribution in [-0.2, 0) is 20.8 Å². The highest BCUT2D eigenvalue weighted by atomic mass is 16.6. The Labute approximate surface area is 257 Å². The molecule has 2 aromatic carbocycles. The molecule has 0 saturated heterocycles. The van der Waals surface area contributed by atoms with Gasteiger partial charge in [0, 0.05) is 16.8 Å². The number of benzene rings is 2. The second kappa shape index (κ2) is 12.7. The fraction of sp³-hybridized carbons (Fsp3) is 0.412. The summed E-state index contributed by atoms with van der Waals surface area (Å²) < 4.78 is 17.0. The molecule has 0 spiro atoms. The smallest absolute Gasteiger partial charge is 0.408 e. The lowest BCUT2D eigenvalue weighted by Crippen LogP contribution is -2.37. The van der Waals surface area contributed by atoms with Gasteiger partial charge in [0.05, 0.1) is 48.3 Å². The summed E-state index contributed by atoms with van der Waals surface area (Å²) in [7, 11) is 0. The molecule has 0 bridgehead atoms. The van der Waals surface area contributed by atoms with E-state index in [1.807, 2.05) is 55.5 Å². The molecule has 3 N–H and O–H groups in total. The molecule has 232 valence electrons. The number of aromatic nitrogens is 3. The zero-order valence-electron chi connectivity index (χ0n) is 26.2. The molecule has 1 saturated carbocycles. The van der Waals surface area contributed by atoms with E-state index in [-0.39, 0.29) is 24.3 Å². The molecule has 1 atom stereocenters. The maximum absolute atomic E-state index is 13.3. The Bertz CT molecular complexity index is 1640. The minimum atomic E-state index is -0.753. The number of aromatic amines is 1. The number of fused-ring (bicyclic) bond motifs is 1. The van der Waals surface area contributed by atoms with E-state index in [9.17, 15) is 9.59 Å². The lowest BCUT2D eigenvalue weighted by Gasteiger charge is -2.24. The van der Waals surface area contributed by atoms with Gasteiger partial charge >= 0.3 is 12.1 Å². The number of rotatable bonds is 11. The van der Waals surface area contributed by atoms with Gasteiger partial charge in [-0.25, -0.2) is 19.6 Å². The lowest BCUT2D eigenvalue weighted by molar-refractivity contribution is 0.0413. The number of hydrogen-bond donors (Lipinski definition) is 3. The van der Waals surface area contributed by atoms with Crippen LogP contribution in [0.2, 0.25) is 0 Å². The highest BCUT2D eigenvalue weighted by molar-refractivity contribution is 5.96. The van der Waals surface area contributed by atoms with Gasteiger partial charge in [-0.2, -0.15) is 0 Å². The SMILES string of the molecule is CCOC(=O)c1cc(-c2cccc3nc(C)c(NC4(C)CC4)nc23)[nH]c1C(COCc1ccccc1)NC(=O)OC(C)(C)C. The molecule has 5 rings (SSSR count). The Kier molecular flexibility index (Phi) is 8.92. The van der Waals surface area contributed by atoms with E-state index in [1.165, 1.54) is 0 Å². The Morgan fingerprint density at radius 1 is 1.07 bits per heavy atom. The summed E-state index contributed by atoms with van der Waals surface area (Å²) in [6.07, 6.45) is 1.53. The predicted molar refractivity (Wildman–Crippen MR) is 169 cm³/mol. The van der Waals surface area contributed by atoms with Crippen LogP contribution >= 0.6 is 0 Å². The molecule has 0 aliphatic heterocycles. The Balaban J connectivity index is 1.55. The number of H-pyrrole nitrogens is 1. The molecule has 2 aromatic heterocycles. The highest BCUT2D eigenvalue weighted by Crippen LogP contribution is 2.39. The van der Waals surface area contributed by atoms with Crippen molar-refractivity contribution in [2.75, 3.05) is 18.5 Å². The molecule has 1 unspecified atom stereocenters. The fourth-order valence-corrected chi connectivity index (χ4v) is 4.88. The number of alkyl carbamates (subject to hydrolysis) is 1. The number of esters is 1. The van der Waals surface area contributed by atoms with Gasteiger partial charge in [0.2, 0.25) is 0 Å². The van der Waals surface area contributed by atoms with Crippen molar-refractivity contribution in [3.8, 4) is 11.3 Å². The monoisotopic (exact) mass is 599 g/mol. The second-order valence-corrected chi connectivity index (χ2v) is 12.4. The molecule has 10 nitrogen and oxygen atoms in total. The van der Waals surface area contributed by atoms with Crippen LogP contribution in [0.4, 0.5) is 10.6 Å². The summed E-state index contributed by atoms with van der Waals surface area (Å²) in [5.74, 6) is 0.219. The number of carbonyl (C=O) groups excluding carboxylic acids is 2. The fourth-order valence-electron chi connectivity index (χ4n) is 4.88. The van der Waals surface area contributed by atoms with Gasteiger partial charge < -0.3 is 29.8 Å². The van der Waals surface area contributed by atoms with Crippen LogP contribution in [-0.4, -0.2) is 51.4 Å². The number of anilines is 1. The van der Waals surface area contributed by atoms with Gasteiger partial charge in [0.15, 0.2) is 0 Å². The third kappa shape index (κ3) is 7.55. The Morgan fingerprint density at radius 3 is 2.50 bits per heavy atom. The topological polar surface area (TPSA) is 127 Å². The lowest BCUT2D eigenvalue weighted by atomic mass is 10.1. The quantitative estimate of drug-likeness (QED) is 0.160. The van der Waals surface area contributed by atoms with Crippen molar-refractivity contribution in [2.24, 2.45) is 0 Å². The third-order valence-electron chi connectivity index (χ3n) is 7.36. The standard InChI is InChI=1S/C34H41N5O5/c1-7-43-31(40)24-18-26(23-14-11-15-25-28(23)38-30(21(2)35-25)39-34(6)16-17-34)36-29(24)27(37-32(41)44-33(3,4)5)20-42-19-22-12-9-8-10-13-22/h8-15,18,27,36H,7,16-17,19-20H2,1-6H3,(H,37,41)(H,38,39). The normalized spacial score (nSPS) is 14.6. The summed E-state index contributed by atoms with van der Waals surface area (Å²) >= 11 is 0. The van der Waals surface area contributed by atoms with Crippen molar-refractivity contribution in [2.45, 2.75) is 78.2 Å². The van der Waals surface area contributed by atoms with E-state index in [0.29, 0.717) is 23.5 Å². The summed E-state index contributed by atoms with van der Waals surface area (Å²) in [5.41, 5.74) is 4.65. The number of amides is 1. The number of nitrogens with zero attached hydrogens (tertiary/aromatic N) is 2. The zero-order chi connectivity index (χ0) is 31.5. The molecule has 10 heteroatoms. The molecule has 1 aliphatic carbocycles. The summed E-state index contributed by atoms with van der Waals surface area (Å²) in [4.78, 5) is 39.5. The largest absolute Gasteiger partial charge is 0.462 e. The first kappa shape index (κ1) is 31.0. The van der Waals surface area contributed by atoms with E-state index in [4.69, 9.17) is 24.2 Å². The minimum Gasteiger partial charge on any atom is -0.462 e. The number of carbonyl (C=O) groups is 2. The minimum absolute atomic E-state index is 0.0268. The van der Waals surface area contributed by atoms with Crippen molar-refractivity contribution >= 4 is 28.9 Å². The first-order valence-corrected chi connectivity index (χ1v) is 15.0. The predicted octanol–water partition coefficient (Wildman–Crippen LogP) is 6.86. The van der Waals surface area contributed by atoms with Crippen LogP contribution < -0.4 is 10.6 Å². The van der Waals surface area contributed by atoms with E-state index >= 15 is 0 Å². The number of aryl methyl sites for hydroxylation is 1. The van der Waals surface area contributed by atoms with Gasteiger partial charge in [0.1, 0.15) is 16.9 Å². The number of nitrogens with one attached hydrogen (secondary N) is 3. The van der Waals surface area contributed by atoms with Gasteiger partial charge in [-0.05, 0) is 72.1 Å². The first-order chi connectivity index (χ1) is 20.9. The Morgan fingerprint density at radius 2 is 1.82 bits per heavy atom. The molecular formula is C34H41N5O5. The summed E-state index contributed by atoms with van der Waals surface area (Å²) in [6, 6.07) is 16.5. The first-order valence-electron chi connectivity index (χ1n) is 15.0. The van der Waals surface area contributed by atoms with Crippen molar-refractivity contribution in [1.82, 2.24) is 20.3 Å². The maximum Gasteiger partial charge on any atom is 0.408 e. The van der Waals surface area contributed by atoms with Crippen LogP contribution in [0.15, 0.2) is 54.6 Å². The average molecular weight is 600 g/mol. The van der Waals surface area contributed by atoms with Crippen molar-refractivity contribution < 1.29 is 23.8 Å². The van der Waals surface area contributed by atoms with E-state index in [2.05, 4.69) is 22.5 Å². The zero-order valence-corrected chi connectivity index (χ0v) is 26.2. The number of para-hydroxylation sites is 1. The summed E-state index contributed by atoms with van der Waals surface area (Å²) in [6.45, 7) is 11.8. The van der Waals surface area contributed by atoms with E-state index in [1.54, 1.807) is 33.8 Å². The van der Waals surface area contributed by atoms with Crippen LogP contribution in [0.25, 0.3) is 22.3 Å². The Hall–Kier alpha value is -4.44. The van der Waals surface area contributed by atoms with Crippen molar-refractivity contribution in [1.29, 1.82) is 0 Å². The molecule has 1 amide bonds. The van der Waals surface area contributed by atoms with Crippen LogP contribution in [0.3, 0.4) is 0 Å². The molecule has 1 aliphatic rings. The molecule has 44 heavy (non-hydrogen) atoms. The van der Waals surface area contributed by atoms with Crippen molar-refractivity contribution in [3.05, 3.63) is 77.1 Å². The van der Waals surface area contributed by atoms with Crippen LogP contribution in [0, 0.1) is 6.92 Å². The van der Waals surface area contributed by atoms with Gasteiger partial charge in [-0.1, -0.05) is 42.5 Å². The highest BCUT2D eigenvalue weighted by Gasteiger charge is 2.38. The van der Waals surface area contributed by atoms with Gasteiger partial charge in [-0.15, -0.1) is 0 Å². The van der Waals surface area contributed by atoms with Crippen molar-refractivity contribution in [3.63, 3.8) is 0 Å². The summed E-state index contributed by atoms with van der Waals surface area (Å²) in [5, 5.41) is 6.44. The molecule has 2 heterocycles. The average Bonchev–Trinajstić information content (AvgIpc) is 3.52. The van der Waals surface area contributed by atoms with E-state index < -0.39 is 23.7 Å². The van der Waals surface area contributed by atoms with Crippen LogP contribution in [0.1, 0.15) is 80.8 Å².